The number of halogens is 5. The van der Waals surface area contributed by atoms with Crippen molar-refractivity contribution in [1.29, 1.82) is 0 Å². The van der Waals surface area contributed by atoms with Crippen molar-refractivity contribution >= 4 is 62.3 Å². The molecule has 2 aliphatic rings. The first-order valence-electron chi connectivity index (χ1n) is 3.94. The van der Waals surface area contributed by atoms with Gasteiger partial charge in [0, 0.05) is 5.33 Å². The molecule has 0 radical (unpaired) electrons. The van der Waals surface area contributed by atoms with Gasteiger partial charge in [0.15, 0.2) is 0 Å². The summed E-state index contributed by atoms with van der Waals surface area (Å²) in [5.74, 6) is 0.279. The molecule has 1 saturated carbocycles. The van der Waals surface area contributed by atoms with Crippen LogP contribution in [0.4, 0.5) is 0 Å². The van der Waals surface area contributed by atoms with Crippen LogP contribution in [-0.2, 0) is 0 Å². The lowest BCUT2D eigenvalue weighted by Gasteiger charge is -2.28. The quantitative estimate of drug-likeness (QED) is 0.625. The molecular formula is C8H7BrCl4. The van der Waals surface area contributed by atoms with Gasteiger partial charge in [-0.3, -0.25) is 0 Å². The Hall–Kier alpha value is 1.38. The zero-order chi connectivity index (χ0) is 9.85. The number of hydrogen-bond acceptors (Lipinski definition) is 0. The molecule has 0 heterocycles. The van der Waals surface area contributed by atoms with Gasteiger partial charge in [-0.25, -0.2) is 0 Å². The summed E-state index contributed by atoms with van der Waals surface area (Å²) in [5.41, 5.74) is 0. The predicted molar refractivity (Wildman–Crippen MR) is 62.4 cm³/mol. The Morgan fingerprint density at radius 1 is 1.31 bits per heavy atom. The highest BCUT2D eigenvalue weighted by atomic mass is 79.9. The third kappa shape index (κ3) is 1.31. The minimum atomic E-state index is -0.524. The maximum atomic E-state index is 6.41. The minimum absolute atomic E-state index is 0.279. The maximum Gasteiger partial charge on any atom is 0.0870 e. The second-order valence-electron chi connectivity index (χ2n) is 3.69. The normalized spacial score (nSPS) is 49.2. The molecule has 0 saturated heterocycles. The van der Waals surface area contributed by atoms with E-state index in [1.54, 1.807) is 0 Å². The lowest BCUT2D eigenvalue weighted by molar-refractivity contribution is 0.527. The summed E-state index contributed by atoms with van der Waals surface area (Å²) in [6, 6.07) is 0. The molecule has 0 aliphatic heterocycles. The third-order valence-electron chi connectivity index (χ3n) is 2.89. The zero-order valence-corrected chi connectivity index (χ0v) is 11.2. The number of hydrogen-bond donors (Lipinski definition) is 0. The lowest BCUT2D eigenvalue weighted by atomic mass is 9.94. The van der Waals surface area contributed by atoms with E-state index in [0.29, 0.717) is 16.5 Å². The molecule has 2 bridgehead atoms. The van der Waals surface area contributed by atoms with Crippen molar-refractivity contribution in [3.05, 3.63) is 10.1 Å². The van der Waals surface area contributed by atoms with Gasteiger partial charge in [0.1, 0.15) is 0 Å². The van der Waals surface area contributed by atoms with E-state index in [2.05, 4.69) is 15.9 Å². The van der Waals surface area contributed by atoms with Gasteiger partial charge in [-0.1, -0.05) is 39.1 Å². The summed E-state index contributed by atoms with van der Waals surface area (Å²) < 4.78 is 0. The number of rotatable bonds is 1. The van der Waals surface area contributed by atoms with Gasteiger partial charge in [-0.05, 0) is 18.8 Å². The average molecular weight is 325 g/mol. The molecule has 0 unspecified atom stereocenters. The highest BCUT2D eigenvalue weighted by Crippen LogP contribution is 2.65. The molecule has 13 heavy (non-hydrogen) atoms. The van der Waals surface area contributed by atoms with Crippen LogP contribution in [0.25, 0.3) is 0 Å². The summed E-state index contributed by atoms with van der Waals surface area (Å²) in [6.45, 7) is 0. The van der Waals surface area contributed by atoms with Gasteiger partial charge in [0.25, 0.3) is 0 Å². The second-order valence-corrected chi connectivity index (χ2v) is 6.49. The van der Waals surface area contributed by atoms with E-state index in [1.807, 2.05) is 0 Å². The highest BCUT2D eigenvalue weighted by molar-refractivity contribution is 9.09. The lowest BCUT2D eigenvalue weighted by Crippen LogP contribution is -2.28. The maximum absolute atomic E-state index is 6.41. The van der Waals surface area contributed by atoms with Gasteiger partial charge >= 0.3 is 0 Å². The van der Waals surface area contributed by atoms with Crippen LogP contribution in [0.2, 0.25) is 0 Å². The van der Waals surface area contributed by atoms with E-state index in [4.69, 9.17) is 46.4 Å². The highest BCUT2D eigenvalue weighted by Gasteiger charge is 2.62. The van der Waals surface area contributed by atoms with E-state index < -0.39 is 9.75 Å². The fraction of sp³-hybridized carbons (Fsp3) is 0.750. The van der Waals surface area contributed by atoms with Crippen molar-refractivity contribution in [2.75, 3.05) is 5.33 Å². The summed E-state index contributed by atoms with van der Waals surface area (Å²) in [6.07, 6.45) is 1.45. The van der Waals surface area contributed by atoms with Crippen LogP contribution in [0.3, 0.4) is 0 Å². The van der Waals surface area contributed by atoms with Crippen molar-refractivity contribution in [3.63, 3.8) is 0 Å². The molecule has 74 valence electrons. The van der Waals surface area contributed by atoms with Gasteiger partial charge in [-0.15, -0.1) is 23.2 Å². The molecule has 1 fully saturated rings. The van der Waals surface area contributed by atoms with E-state index in [-0.39, 0.29) is 5.92 Å². The van der Waals surface area contributed by atoms with Gasteiger partial charge in [-0.2, -0.15) is 0 Å². The molecule has 2 rings (SSSR count). The zero-order valence-electron chi connectivity index (χ0n) is 6.59. The monoisotopic (exact) mass is 322 g/mol. The molecule has 2 aliphatic carbocycles. The number of alkyl halides is 3. The van der Waals surface area contributed by atoms with Crippen molar-refractivity contribution < 1.29 is 0 Å². The second kappa shape index (κ2) is 3.18. The molecule has 0 aromatic carbocycles. The van der Waals surface area contributed by atoms with Gasteiger partial charge in [0.05, 0.1) is 19.8 Å². The van der Waals surface area contributed by atoms with Crippen LogP contribution in [0.5, 0.6) is 0 Å². The summed E-state index contributed by atoms with van der Waals surface area (Å²) in [5, 5.41) is 1.90. The predicted octanol–water partition coefficient (Wildman–Crippen LogP) is 4.45. The van der Waals surface area contributed by atoms with Gasteiger partial charge < -0.3 is 0 Å². The van der Waals surface area contributed by atoms with Crippen LogP contribution in [0.15, 0.2) is 10.1 Å². The Morgan fingerprint density at radius 3 is 2.31 bits per heavy atom. The van der Waals surface area contributed by atoms with Crippen molar-refractivity contribution in [2.45, 2.75) is 22.6 Å². The van der Waals surface area contributed by atoms with Crippen molar-refractivity contribution in [3.8, 4) is 0 Å². The summed E-state index contributed by atoms with van der Waals surface area (Å²) in [4.78, 5) is -1.03. The molecule has 0 spiro atoms. The molecule has 0 aromatic rings. The Kier molecular flexibility index (Phi) is 2.67. The van der Waals surface area contributed by atoms with Crippen LogP contribution < -0.4 is 0 Å². The van der Waals surface area contributed by atoms with Crippen LogP contribution in [-0.4, -0.2) is 15.1 Å². The first-order chi connectivity index (χ1) is 5.94. The van der Waals surface area contributed by atoms with Crippen molar-refractivity contribution in [2.24, 2.45) is 5.92 Å². The fourth-order valence-electron chi connectivity index (χ4n) is 2.16. The van der Waals surface area contributed by atoms with Crippen molar-refractivity contribution in [1.82, 2.24) is 0 Å². The average Bonchev–Trinajstić information content (AvgIpc) is 2.44. The fourth-order valence-corrected chi connectivity index (χ4v) is 4.97. The van der Waals surface area contributed by atoms with Crippen LogP contribution in [0.1, 0.15) is 12.8 Å². The van der Waals surface area contributed by atoms with Crippen LogP contribution in [0, 0.1) is 5.92 Å². The van der Waals surface area contributed by atoms with E-state index in [1.165, 1.54) is 0 Å². The molecule has 0 N–H and O–H groups in total. The molecule has 3 atom stereocenters. The Balaban J connectivity index is 2.46. The molecule has 0 nitrogen and oxygen atoms in total. The minimum Gasteiger partial charge on any atom is -0.113 e. The standard InChI is InChI=1S/C8H7BrCl4/c9-2-4-1-7(12)3-8(4,13)6(11)5(7)10/h4H,1-3H2/t4-,7+,8+/m1/s1. The SMILES string of the molecule is ClC1=C(Cl)[C@]2(Cl)C[C@@]1(Cl)C[C@@H]2CBr. The largest absolute Gasteiger partial charge is 0.113 e. The Labute approximate surface area is 106 Å². The number of fused-ring (bicyclic) bond motifs is 2. The molecular weight excluding hydrogens is 318 g/mol. The first-order valence-corrected chi connectivity index (χ1v) is 6.57. The Morgan fingerprint density at radius 2 is 1.92 bits per heavy atom. The van der Waals surface area contributed by atoms with E-state index >= 15 is 0 Å². The Bertz CT molecular complexity index is 290. The van der Waals surface area contributed by atoms with E-state index in [9.17, 15) is 0 Å². The topological polar surface area (TPSA) is 0 Å². The summed E-state index contributed by atoms with van der Waals surface area (Å²) >= 11 is 28.3. The summed E-state index contributed by atoms with van der Waals surface area (Å²) in [7, 11) is 0. The van der Waals surface area contributed by atoms with Crippen LogP contribution >= 0.6 is 62.3 Å². The molecule has 5 heteroatoms. The van der Waals surface area contributed by atoms with E-state index in [0.717, 1.165) is 11.8 Å². The molecule has 0 amide bonds. The smallest absolute Gasteiger partial charge is 0.0870 e. The molecule has 0 aromatic heterocycles. The number of allylic oxidation sites excluding steroid dienone is 2. The third-order valence-corrected chi connectivity index (χ3v) is 6.15. The first kappa shape index (κ1) is 10.9. The van der Waals surface area contributed by atoms with Gasteiger partial charge in [0.2, 0.25) is 0 Å².